The van der Waals surface area contributed by atoms with Crippen molar-refractivity contribution in [2.24, 2.45) is 0 Å². The Hall–Kier alpha value is -2.74. The molecule has 5 heteroatoms. The number of amides is 1. The molecule has 0 aliphatic heterocycles. The first-order valence-electron chi connectivity index (χ1n) is 5.57. The van der Waals surface area contributed by atoms with Crippen LogP contribution in [0, 0.1) is 17.1 Å². The minimum Gasteiger partial charge on any atom is -0.325 e. The number of halogens is 1. The van der Waals surface area contributed by atoms with Crippen molar-refractivity contribution >= 4 is 11.6 Å². The van der Waals surface area contributed by atoms with E-state index in [2.05, 4.69) is 10.3 Å². The van der Waals surface area contributed by atoms with E-state index in [-0.39, 0.29) is 5.69 Å². The van der Waals surface area contributed by atoms with Gasteiger partial charge in [-0.3, -0.25) is 9.78 Å². The molecule has 2 rings (SSSR count). The first kappa shape index (κ1) is 12.7. The van der Waals surface area contributed by atoms with Crippen molar-refractivity contribution in [1.29, 1.82) is 5.26 Å². The maximum Gasteiger partial charge on any atom is 0.247 e. The second-order valence-corrected chi connectivity index (χ2v) is 3.82. The molecule has 1 aromatic heterocycles. The van der Waals surface area contributed by atoms with Crippen LogP contribution in [0.25, 0.3) is 0 Å². The third-order valence-corrected chi connectivity index (χ3v) is 2.48. The van der Waals surface area contributed by atoms with Crippen molar-refractivity contribution < 1.29 is 9.18 Å². The van der Waals surface area contributed by atoms with Crippen LogP contribution < -0.4 is 5.32 Å². The third-order valence-electron chi connectivity index (χ3n) is 2.48. The summed E-state index contributed by atoms with van der Waals surface area (Å²) in [6.07, 6.45) is 0.982. The smallest absolute Gasteiger partial charge is 0.247 e. The minimum atomic E-state index is -1.07. The molecule has 1 atom stereocenters. The minimum absolute atomic E-state index is 0.220. The molecule has 0 saturated carbocycles. The van der Waals surface area contributed by atoms with E-state index in [1.165, 1.54) is 12.1 Å². The number of carbonyl (C=O) groups excluding carboxylic acids is 1. The van der Waals surface area contributed by atoms with Gasteiger partial charge in [0.1, 0.15) is 5.82 Å². The van der Waals surface area contributed by atoms with Crippen LogP contribution in [-0.4, -0.2) is 10.9 Å². The zero-order valence-corrected chi connectivity index (χ0v) is 9.88. The molecule has 0 aliphatic carbocycles. The fourth-order valence-electron chi connectivity index (χ4n) is 1.55. The molecule has 1 heterocycles. The molecule has 1 aromatic carbocycles. The molecule has 0 fully saturated rings. The Kier molecular flexibility index (Phi) is 3.84. The van der Waals surface area contributed by atoms with Gasteiger partial charge in [0, 0.05) is 5.69 Å². The van der Waals surface area contributed by atoms with Crippen LogP contribution in [0.3, 0.4) is 0 Å². The molecule has 0 bridgehead atoms. The zero-order chi connectivity index (χ0) is 13.7. The van der Waals surface area contributed by atoms with Gasteiger partial charge in [-0.1, -0.05) is 18.2 Å². The van der Waals surface area contributed by atoms with E-state index in [4.69, 9.17) is 5.26 Å². The van der Waals surface area contributed by atoms with Crippen LogP contribution in [0.2, 0.25) is 0 Å². The fourth-order valence-corrected chi connectivity index (χ4v) is 1.55. The number of rotatable bonds is 3. The van der Waals surface area contributed by atoms with E-state index >= 15 is 0 Å². The van der Waals surface area contributed by atoms with Gasteiger partial charge in [0.15, 0.2) is 5.92 Å². The number of carbonyl (C=O) groups is 1. The van der Waals surface area contributed by atoms with Crippen LogP contribution in [0.5, 0.6) is 0 Å². The number of hydrogen-bond acceptors (Lipinski definition) is 3. The van der Waals surface area contributed by atoms with Gasteiger partial charge in [0.2, 0.25) is 5.91 Å². The van der Waals surface area contributed by atoms with E-state index in [1.807, 2.05) is 12.1 Å². The van der Waals surface area contributed by atoms with E-state index in [0.717, 1.165) is 6.20 Å². The summed E-state index contributed by atoms with van der Waals surface area (Å²) in [4.78, 5) is 15.7. The topological polar surface area (TPSA) is 65.8 Å². The lowest BCUT2D eigenvalue weighted by molar-refractivity contribution is -0.116. The molecule has 19 heavy (non-hydrogen) atoms. The van der Waals surface area contributed by atoms with Crippen molar-refractivity contribution in [2.45, 2.75) is 5.92 Å². The highest BCUT2D eigenvalue weighted by molar-refractivity contribution is 5.97. The molecule has 2 aromatic rings. The highest BCUT2D eigenvalue weighted by Crippen LogP contribution is 2.16. The maximum absolute atomic E-state index is 12.8. The summed E-state index contributed by atoms with van der Waals surface area (Å²) in [6, 6.07) is 13.1. The van der Waals surface area contributed by atoms with Gasteiger partial charge in [-0.05, 0) is 24.3 Å². The average molecular weight is 255 g/mol. The van der Waals surface area contributed by atoms with Crippen molar-refractivity contribution in [2.75, 3.05) is 5.32 Å². The lowest BCUT2D eigenvalue weighted by Crippen LogP contribution is -2.20. The standard InChI is InChI=1S/C14H10FN3O/c15-10-6-7-13(17-9-10)12(8-16)14(19)18-11-4-2-1-3-5-11/h1-7,9,12H,(H,18,19). The highest BCUT2D eigenvalue weighted by atomic mass is 19.1. The number of nitriles is 1. The fraction of sp³-hybridized carbons (Fsp3) is 0.0714. The average Bonchev–Trinajstić information content (AvgIpc) is 2.43. The number of para-hydroxylation sites is 1. The Morgan fingerprint density at radius 3 is 2.58 bits per heavy atom. The van der Waals surface area contributed by atoms with Crippen molar-refractivity contribution in [1.82, 2.24) is 4.98 Å². The van der Waals surface area contributed by atoms with E-state index in [0.29, 0.717) is 5.69 Å². The number of anilines is 1. The number of pyridine rings is 1. The van der Waals surface area contributed by atoms with Gasteiger partial charge in [0.25, 0.3) is 0 Å². The maximum atomic E-state index is 12.8. The number of nitrogens with one attached hydrogen (secondary N) is 1. The molecule has 1 N–H and O–H groups in total. The van der Waals surface area contributed by atoms with Gasteiger partial charge >= 0.3 is 0 Å². The molecule has 94 valence electrons. The second-order valence-electron chi connectivity index (χ2n) is 3.82. The number of hydrogen-bond donors (Lipinski definition) is 1. The van der Waals surface area contributed by atoms with Crippen LogP contribution in [0.1, 0.15) is 11.6 Å². The largest absolute Gasteiger partial charge is 0.325 e. The van der Waals surface area contributed by atoms with E-state index in [9.17, 15) is 9.18 Å². The quantitative estimate of drug-likeness (QED) is 0.916. The predicted octanol–water partition coefficient (Wildman–Crippen LogP) is 2.47. The summed E-state index contributed by atoms with van der Waals surface area (Å²) < 4.78 is 12.8. The number of nitrogens with zero attached hydrogens (tertiary/aromatic N) is 2. The van der Waals surface area contributed by atoms with E-state index in [1.54, 1.807) is 24.3 Å². The van der Waals surface area contributed by atoms with Crippen LogP contribution in [-0.2, 0) is 4.79 Å². The first-order chi connectivity index (χ1) is 9.20. The van der Waals surface area contributed by atoms with Gasteiger partial charge in [0.05, 0.1) is 18.0 Å². The first-order valence-corrected chi connectivity index (χ1v) is 5.57. The third kappa shape index (κ3) is 3.13. The van der Waals surface area contributed by atoms with E-state index < -0.39 is 17.6 Å². The van der Waals surface area contributed by atoms with Gasteiger partial charge < -0.3 is 5.32 Å². The molecule has 0 saturated heterocycles. The van der Waals surface area contributed by atoms with Gasteiger partial charge in [-0.25, -0.2) is 4.39 Å². The second kappa shape index (κ2) is 5.74. The molecule has 1 amide bonds. The molecular formula is C14H10FN3O. The lowest BCUT2D eigenvalue weighted by atomic mass is 10.1. The highest BCUT2D eigenvalue weighted by Gasteiger charge is 2.21. The number of aromatic nitrogens is 1. The monoisotopic (exact) mass is 255 g/mol. The molecule has 0 aliphatic rings. The summed E-state index contributed by atoms with van der Waals surface area (Å²) >= 11 is 0. The van der Waals surface area contributed by atoms with Crippen molar-refractivity contribution in [3.05, 3.63) is 60.2 Å². The normalized spacial score (nSPS) is 11.4. The Morgan fingerprint density at radius 2 is 2.00 bits per heavy atom. The molecule has 1 unspecified atom stereocenters. The number of benzene rings is 1. The Labute approximate surface area is 109 Å². The Morgan fingerprint density at radius 1 is 1.26 bits per heavy atom. The predicted molar refractivity (Wildman–Crippen MR) is 67.6 cm³/mol. The molecule has 0 radical (unpaired) electrons. The van der Waals surface area contributed by atoms with Crippen LogP contribution in [0.4, 0.5) is 10.1 Å². The van der Waals surface area contributed by atoms with Crippen LogP contribution in [0.15, 0.2) is 48.7 Å². The molecule has 0 spiro atoms. The summed E-state index contributed by atoms with van der Waals surface area (Å²) in [5, 5.41) is 11.7. The summed E-state index contributed by atoms with van der Waals surface area (Å²) in [5.74, 6) is -2.07. The molecule has 4 nitrogen and oxygen atoms in total. The Bertz CT molecular complexity index is 605. The van der Waals surface area contributed by atoms with Crippen molar-refractivity contribution in [3.8, 4) is 6.07 Å². The summed E-state index contributed by atoms with van der Waals surface area (Å²) in [7, 11) is 0. The zero-order valence-electron chi connectivity index (χ0n) is 9.88. The Balaban J connectivity index is 2.16. The van der Waals surface area contributed by atoms with Crippen molar-refractivity contribution in [3.63, 3.8) is 0 Å². The lowest BCUT2D eigenvalue weighted by Gasteiger charge is -2.09. The van der Waals surface area contributed by atoms with Gasteiger partial charge in [-0.2, -0.15) is 5.26 Å². The van der Waals surface area contributed by atoms with Crippen LogP contribution >= 0.6 is 0 Å². The SMILES string of the molecule is N#CC(C(=O)Nc1ccccc1)c1ccc(F)cn1. The molecular weight excluding hydrogens is 245 g/mol. The summed E-state index contributed by atoms with van der Waals surface area (Å²) in [6.45, 7) is 0. The van der Waals surface area contributed by atoms with Gasteiger partial charge in [-0.15, -0.1) is 0 Å². The summed E-state index contributed by atoms with van der Waals surface area (Å²) in [5.41, 5.74) is 0.812.